The fourth-order valence-corrected chi connectivity index (χ4v) is 3.28. The van der Waals surface area contributed by atoms with Gasteiger partial charge in [-0.15, -0.1) is 10.2 Å². The van der Waals surface area contributed by atoms with Crippen LogP contribution in [-0.4, -0.2) is 26.3 Å². The number of hydrogen-bond donors (Lipinski definition) is 0. The normalized spacial score (nSPS) is 10.8. The number of ketones is 1. The smallest absolute Gasteiger partial charge is 0.191 e. The Hall–Kier alpha value is -2.11. The average Bonchev–Trinajstić information content (AvgIpc) is 2.94. The van der Waals surface area contributed by atoms with Crippen LogP contribution in [0.5, 0.6) is 0 Å². The maximum atomic E-state index is 12.3. The van der Waals surface area contributed by atoms with E-state index in [0.717, 1.165) is 22.1 Å². The van der Waals surface area contributed by atoms with Crippen LogP contribution in [0.3, 0.4) is 0 Å². The van der Waals surface area contributed by atoms with E-state index in [1.807, 2.05) is 42.8 Å². The van der Waals surface area contributed by atoms with Crippen molar-refractivity contribution in [2.24, 2.45) is 7.05 Å². The van der Waals surface area contributed by atoms with Crippen molar-refractivity contribution in [1.29, 1.82) is 0 Å². The molecule has 0 atom stereocenters. The monoisotopic (exact) mass is 357 g/mol. The van der Waals surface area contributed by atoms with Crippen molar-refractivity contribution in [2.75, 3.05) is 5.75 Å². The van der Waals surface area contributed by atoms with Gasteiger partial charge in [-0.3, -0.25) is 4.79 Å². The molecule has 0 amide bonds. The van der Waals surface area contributed by atoms with E-state index in [9.17, 15) is 4.79 Å². The van der Waals surface area contributed by atoms with Crippen LogP contribution in [0, 0.1) is 6.92 Å². The molecule has 0 unspecified atom stereocenters. The molecule has 0 aliphatic rings. The van der Waals surface area contributed by atoms with E-state index < -0.39 is 0 Å². The van der Waals surface area contributed by atoms with Crippen LogP contribution in [0.15, 0.2) is 53.7 Å². The molecule has 24 heavy (non-hydrogen) atoms. The van der Waals surface area contributed by atoms with Gasteiger partial charge in [0.25, 0.3) is 0 Å². The summed E-state index contributed by atoms with van der Waals surface area (Å²) in [5.41, 5.74) is 2.83. The first kappa shape index (κ1) is 16.7. The predicted octanol–water partition coefficient (Wildman–Crippen LogP) is 4.42. The SMILES string of the molecule is Cc1ccccc1-c1nnc(SCC(=O)c2ccc(Cl)cc2)n1C. The number of benzene rings is 2. The van der Waals surface area contributed by atoms with Crippen LogP contribution < -0.4 is 0 Å². The molecule has 0 bridgehead atoms. The van der Waals surface area contributed by atoms with Crippen LogP contribution in [0.1, 0.15) is 15.9 Å². The lowest BCUT2D eigenvalue weighted by atomic mass is 10.1. The number of rotatable bonds is 5. The van der Waals surface area contributed by atoms with E-state index in [1.54, 1.807) is 24.3 Å². The van der Waals surface area contributed by atoms with Crippen LogP contribution in [0.2, 0.25) is 5.02 Å². The van der Waals surface area contributed by atoms with E-state index in [0.29, 0.717) is 16.3 Å². The lowest BCUT2D eigenvalue weighted by Crippen LogP contribution is -2.04. The number of nitrogens with zero attached hydrogens (tertiary/aromatic N) is 3. The van der Waals surface area contributed by atoms with E-state index in [2.05, 4.69) is 10.2 Å². The van der Waals surface area contributed by atoms with Crippen molar-refractivity contribution in [3.8, 4) is 11.4 Å². The fraction of sp³-hybridized carbons (Fsp3) is 0.167. The van der Waals surface area contributed by atoms with Gasteiger partial charge in [-0.2, -0.15) is 0 Å². The molecule has 0 N–H and O–H groups in total. The van der Waals surface area contributed by atoms with E-state index >= 15 is 0 Å². The van der Waals surface area contributed by atoms with Gasteiger partial charge in [0.1, 0.15) is 0 Å². The Balaban J connectivity index is 1.74. The highest BCUT2D eigenvalue weighted by atomic mass is 35.5. The number of carbonyl (C=O) groups excluding carboxylic acids is 1. The van der Waals surface area contributed by atoms with Gasteiger partial charge in [-0.05, 0) is 36.8 Å². The minimum absolute atomic E-state index is 0.0390. The predicted molar refractivity (Wildman–Crippen MR) is 97.7 cm³/mol. The Morgan fingerprint density at radius 3 is 2.54 bits per heavy atom. The molecule has 0 spiro atoms. The standard InChI is InChI=1S/C18H16ClN3OS/c1-12-5-3-4-6-15(12)17-20-21-18(22(17)2)24-11-16(23)13-7-9-14(19)10-8-13/h3-10H,11H2,1-2H3. The summed E-state index contributed by atoms with van der Waals surface area (Å²) in [6, 6.07) is 15.0. The third kappa shape index (κ3) is 3.52. The second kappa shape index (κ2) is 7.20. The zero-order chi connectivity index (χ0) is 17.1. The highest BCUT2D eigenvalue weighted by molar-refractivity contribution is 7.99. The molecule has 0 saturated carbocycles. The van der Waals surface area contributed by atoms with E-state index in [4.69, 9.17) is 11.6 Å². The minimum Gasteiger partial charge on any atom is -0.305 e. The Morgan fingerprint density at radius 2 is 1.83 bits per heavy atom. The molecule has 0 fully saturated rings. The number of thioether (sulfide) groups is 1. The number of aromatic nitrogens is 3. The molecule has 4 nitrogen and oxygen atoms in total. The van der Waals surface area contributed by atoms with Gasteiger partial charge in [-0.1, -0.05) is 47.6 Å². The van der Waals surface area contributed by atoms with Gasteiger partial charge in [0.2, 0.25) is 0 Å². The van der Waals surface area contributed by atoms with Crippen molar-refractivity contribution in [1.82, 2.24) is 14.8 Å². The van der Waals surface area contributed by atoms with Gasteiger partial charge < -0.3 is 4.57 Å². The van der Waals surface area contributed by atoms with Crippen LogP contribution >= 0.6 is 23.4 Å². The Morgan fingerprint density at radius 1 is 1.12 bits per heavy atom. The molecule has 122 valence electrons. The molecule has 2 aromatic carbocycles. The second-order valence-electron chi connectivity index (χ2n) is 5.40. The third-order valence-electron chi connectivity index (χ3n) is 3.72. The first-order valence-corrected chi connectivity index (χ1v) is 8.79. The van der Waals surface area contributed by atoms with Crippen molar-refractivity contribution in [2.45, 2.75) is 12.1 Å². The Bertz CT molecular complexity index is 874. The van der Waals surface area contributed by atoms with Crippen molar-refractivity contribution in [3.63, 3.8) is 0 Å². The minimum atomic E-state index is 0.0390. The maximum absolute atomic E-state index is 12.3. The molecule has 6 heteroatoms. The Kier molecular flexibility index (Phi) is 5.02. The van der Waals surface area contributed by atoms with Gasteiger partial charge in [0.15, 0.2) is 16.8 Å². The number of carbonyl (C=O) groups is 1. The quantitative estimate of drug-likeness (QED) is 0.501. The highest BCUT2D eigenvalue weighted by Crippen LogP contribution is 2.25. The molecule has 1 heterocycles. The molecule has 3 rings (SSSR count). The molecule has 0 aliphatic heterocycles. The maximum Gasteiger partial charge on any atom is 0.191 e. The molecule has 0 radical (unpaired) electrons. The third-order valence-corrected chi connectivity index (χ3v) is 4.99. The van der Waals surface area contributed by atoms with Crippen LogP contribution in [0.4, 0.5) is 0 Å². The number of hydrogen-bond acceptors (Lipinski definition) is 4. The second-order valence-corrected chi connectivity index (χ2v) is 6.78. The van der Waals surface area contributed by atoms with Gasteiger partial charge in [0.05, 0.1) is 5.75 Å². The summed E-state index contributed by atoms with van der Waals surface area (Å²) >= 11 is 7.23. The van der Waals surface area contributed by atoms with Gasteiger partial charge in [-0.25, -0.2) is 0 Å². The highest BCUT2D eigenvalue weighted by Gasteiger charge is 2.14. The summed E-state index contributed by atoms with van der Waals surface area (Å²) in [4.78, 5) is 12.3. The summed E-state index contributed by atoms with van der Waals surface area (Å²) in [7, 11) is 1.91. The first-order valence-electron chi connectivity index (χ1n) is 7.43. The summed E-state index contributed by atoms with van der Waals surface area (Å²) in [5, 5.41) is 9.83. The zero-order valence-corrected chi connectivity index (χ0v) is 14.9. The molecule has 0 saturated heterocycles. The summed E-state index contributed by atoms with van der Waals surface area (Å²) in [6.45, 7) is 2.04. The Labute approximate surface area is 149 Å². The lowest BCUT2D eigenvalue weighted by molar-refractivity contribution is 0.102. The van der Waals surface area contributed by atoms with Gasteiger partial charge in [0, 0.05) is 23.2 Å². The molecule has 3 aromatic rings. The van der Waals surface area contributed by atoms with Crippen molar-refractivity contribution in [3.05, 3.63) is 64.7 Å². The van der Waals surface area contributed by atoms with Crippen LogP contribution in [-0.2, 0) is 7.05 Å². The van der Waals surface area contributed by atoms with E-state index in [1.165, 1.54) is 11.8 Å². The summed E-state index contributed by atoms with van der Waals surface area (Å²) in [6.07, 6.45) is 0. The van der Waals surface area contributed by atoms with Crippen LogP contribution in [0.25, 0.3) is 11.4 Å². The number of aryl methyl sites for hydroxylation is 1. The van der Waals surface area contributed by atoms with Gasteiger partial charge >= 0.3 is 0 Å². The summed E-state index contributed by atoms with van der Waals surface area (Å²) < 4.78 is 1.92. The van der Waals surface area contributed by atoms with Crippen molar-refractivity contribution >= 4 is 29.1 Å². The van der Waals surface area contributed by atoms with Crippen molar-refractivity contribution < 1.29 is 4.79 Å². The zero-order valence-electron chi connectivity index (χ0n) is 13.4. The number of halogens is 1. The summed E-state index contributed by atoms with van der Waals surface area (Å²) in [5.74, 6) is 1.15. The average molecular weight is 358 g/mol. The topological polar surface area (TPSA) is 47.8 Å². The molecular weight excluding hydrogens is 342 g/mol. The van der Waals surface area contributed by atoms with E-state index in [-0.39, 0.29) is 5.78 Å². The number of Topliss-reactive ketones (excluding diaryl/α,β-unsaturated/α-hetero) is 1. The first-order chi connectivity index (χ1) is 11.6. The lowest BCUT2D eigenvalue weighted by Gasteiger charge is -2.06. The molecule has 1 aromatic heterocycles. The fourth-order valence-electron chi connectivity index (χ4n) is 2.35. The largest absolute Gasteiger partial charge is 0.305 e. The molecular formula is C18H16ClN3OS. The molecule has 0 aliphatic carbocycles.